The Hall–Kier alpha value is -1.02. The molecule has 94 valence electrons. The van der Waals surface area contributed by atoms with E-state index < -0.39 is 0 Å². The summed E-state index contributed by atoms with van der Waals surface area (Å²) in [5.41, 5.74) is 1.43. The second-order valence-corrected chi connectivity index (χ2v) is 4.83. The Morgan fingerprint density at radius 3 is 2.88 bits per heavy atom. The predicted octanol–water partition coefficient (Wildman–Crippen LogP) is 3.33. The van der Waals surface area contributed by atoms with Crippen molar-refractivity contribution in [1.82, 2.24) is 5.32 Å². The van der Waals surface area contributed by atoms with E-state index in [1.54, 1.807) is 7.11 Å². The molecule has 2 unspecified atom stereocenters. The number of likely N-dealkylation sites (N-methyl/N-ethyl adjacent to an activating group) is 1. The van der Waals surface area contributed by atoms with Gasteiger partial charge in [-0.05, 0) is 43.0 Å². The molecular formula is C15H23NO. The molecule has 2 atom stereocenters. The van der Waals surface area contributed by atoms with E-state index in [0.717, 1.165) is 12.3 Å². The largest absolute Gasteiger partial charge is 0.497 e. The summed E-state index contributed by atoms with van der Waals surface area (Å²) in [6, 6.07) is 9.20. The molecule has 0 radical (unpaired) electrons. The van der Waals surface area contributed by atoms with Crippen molar-refractivity contribution >= 4 is 0 Å². The lowest BCUT2D eigenvalue weighted by molar-refractivity contribution is 0.331. The van der Waals surface area contributed by atoms with Gasteiger partial charge in [-0.25, -0.2) is 0 Å². The van der Waals surface area contributed by atoms with Crippen LogP contribution in [0.25, 0.3) is 0 Å². The number of rotatable bonds is 4. The van der Waals surface area contributed by atoms with Crippen molar-refractivity contribution in [2.24, 2.45) is 0 Å². The van der Waals surface area contributed by atoms with Crippen molar-refractivity contribution in [3.8, 4) is 5.75 Å². The zero-order chi connectivity index (χ0) is 12.1. The molecule has 1 aliphatic rings. The third-order valence-electron chi connectivity index (χ3n) is 3.75. The van der Waals surface area contributed by atoms with E-state index in [1.165, 1.54) is 31.2 Å². The first-order chi connectivity index (χ1) is 8.35. The zero-order valence-electron chi connectivity index (χ0n) is 10.9. The van der Waals surface area contributed by atoms with Crippen LogP contribution in [-0.2, 0) is 0 Å². The highest BCUT2D eigenvalue weighted by atomic mass is 16.5. The van der Waals surface area contributed by atoms with Crippen LogP contribution in [0.4, 0.5) is 0 Å². The first kappa shape index (κ1) is 12.4. The molecule has 0 aromatic heterocycles. The molecule has 0 heterocycles. The molecule has 1 saturated carbocycles. The molecule has 1 aromatic carbocycles. The van der Waals surface area contributed by atoms with E-state index in [4.69, 9.17) is 4.74 Å². The standard InChI is InChI=1S/C15H23NO/c1-3-16-15-10-5-4-9-14(15)12-7-6-8-13(11-12)17-2/h6-8,11,14-16H,3-5,9-10H2,1-2H3. The molecule has 1 N–H and O–H groups in total. The highest BCUT2D eigenvalue weighted by molar-refractivity contribution is 5.32. The third-order valence-corrected chi connectivity index (χ3v) is 3.75. The average molecular weight is 233 g/mol. The van der Waals surface area contributed by atoms with Gasteiger partial charge in [0.25, 0.3) is 0 Å². The average Bonchev–Trinajstić information content (AvgIpc) is 2.40. The Bertz CT molecular complexity index is 349. The van der Waals surface area contributed by atoms with Crippen LogP contribution in [0.3, 0.4) is 0 Å². The van der Waals surface area contributed by atoms with Crippen molar-refractivity contribution in [2.45, 2.75) is 44.6 Å². The van der Waals surface area contributed by atoms with Crippen molar-refractivity contribution in [2.75, 3.05) is 13.7 Å². The number of methoxy groups -OCH3 is 1. The van der Waals surface area contributed by atoms with Crippen molar-refractivity contribution in [1.29, 1.82) is 0 Å². The van der Waals surface area contributed by atoms with Crippen LogP contribution < -0.4 is 10.1 Å². The van der Waals surface area contributed by atoms with Gasteiger partial charge in [-0.1, -0.05) is 31.9 Å². The lowest BCUT2D eigenvalue weighted by atomic mass is 9.80. The fourth-order valence-electron chi connectivity index (χ4n) is 2.91. The Labute approximate surface area is 104 Å². The van der Waals surface area contributed by atoms with Crippen LogP contribution in [0.2, 0.25) is 0 Å². The summed E-state index contributed by atoms with van der Waals surface area (Å²) in [7, 11) is 1.74. The maximum Gasteiger partial charge on any atom is 0.119 e. The van der Waals surface area contributed by atoms with Gasteiger partial charge in [0.2, 0.25) is 0 Å². The van der Waals surface area contributed by atoms with Crippen molar-refractivity contribution in [3.05, 3.63) is 29.8 Å². The SMILES string of the molecule is CCNC1CCCCC1c1cccc(OC)c1. The van der Waals surface area contributed by atoms with E-state index in [2.05, 4.69) is 30.4 Å². The van der Waals surface area contributed by atoms with E-state index in [-0.39, 0.29) is 0 Å². The first-order valence-corrected chi connectivity index (χ1v) is 6.72. The second kappa shape index (κ2) is 6.06. The minimum atomic E-state index is 0.640. The smallest absolute Gasteiger partial charge is 0.119 e. The number of nitrogens with one attached hydrogen (secondary N) is 1. The predicted molar refractivity (Wildman–Crippen MR) is 71.7 cm³/mol. The lowest BCUT2D eigenvalue weighted by Crippen LogP contribution is -2.37. The minimum Gasteiger partial charge on any atom is -0.497 e. The van der Waals surface area contributed by atoms with Crippen LogP contribution in [0.5, 0.6) is 5.75 Å². The van der Waals surface area contributed by atoms with Crippen LogP contribution in [-0.4, -0.2) is 19.7 Å². The molecule has 0 aliphatic heterocycles. The zero-order valence-corrected chi connectivity index (χ0v) is 10.9. The minimum absolute atomic E-state index is 0.640. The molecule has 2 nitrogen and oxygen atoms in total. The van der Waals surface area contributed by atoms with Gasteiger partial charge in [0.1, 0.15) is 5.75 Å². The highest BCUT2D eigenvalue weighted by Gasteiger charge is 2.25. The Morgan fingerprint density at radius 1 is 1.29 bits per heavy atom. The molecular weight excluding hydrogens is 210 g/mol. The van der Waals surface area contributed by atoms with Gasteiger partial charge in [-0.15, -0.1) is 0 Å². The fraction of sp³-hybridized carbons (Fsp3) is 0.600. The molecule has 0 saturated heterocycles. The van der Waals surface area contributed by atoms with Crippen LogP contribution in [0, 0.1) is 0 Å². The summed E-state index contributed by atoms with van der Waals surface area (Å²) in [4.78, 5) is 0. The Morgan fingerprint density at radius 2 is 2.12 bits per heavy atom. The second-order valence-electron chi connectivity index (χ2n) is 4.83. The lowest BCUT2D eigenvalue weighted by Gasteiger charge is -2.32. The van der Waals surface area contributed by atoms with Gasteiger partial charge in [0.15, 0.2) is 0 Å². The topological polar surface area (TPSA) is 21.3 Å². The van der Waals surface area contributed by atoms with Gasteiger partial charge >= 0.3 is 0 Å². The third kappa shape index (κ3) is 3.01. The number of benzene rings is 1. The maximum atomic E-state index is 5.32. The number of hydrogen-bond acceptors (Lipinski definition) is 2. The maximum absolute atomic E-state index is 5.32. The quantitative estimate of drug-likeness (QED) is 0.861. The van der Waals surface area contributed by atoms with Crippen LogP contribution in [0.15, 0.2) is 24.3 Å². The first-order valence-electron chi connectivity index (χ1n) is 6.72. The molecule has 1 aromatic rings. The van der Waals surface area contributed by atoms with E-state index in [9.17, 15) is 0 Å². The number of hydrogen-bond donors (Lipinski definition) is 1. The summed E-state index contributed by atoms with van der Waals surface area (Å²) in [6.45, 7) is 3.25. The summed E-state index contributed by atoms with van der Waals surface area (Å²) >= 11 is 0. The van der Waals surface area contributed by atoms with Crippen molar-refractivity contribution in [3.63, 3.8) is 0 Å². The van der Waals surface area contributed by atoms with Gasteiger partial charge in [-0.2, -0.15) is 0 Å². The molecule has 0 amide bonds. The Kier molecular flexibility index (Phi) is 4.43. The molecule has 17 heavy (non-hydrogen) atoms. The molecule has 2 rings (SSSR count). The van der Waals surface area contributed by atoms with Crippen LogP contribution >= 0.6 is 0 Å². The van der Waals surface area contributed by atoms with Crippen molar-refractivity contribution < 1.29 is 4.74 Å². The van der Waals surface area contributed by atoms with E-state index >= 15 is 0 Å². The monoisotopic (exact) mass is 233 g/mol. The van der Waals surface area contributed by atoms with E-state index in [1.807, 2.05) is 6.07 Å². The van der Waals surface area contributed by atoms with Gasteiger partial charge in [0.05, 0.1) is 7.11 Å². The Balaban J connectivity index is 2.16. The number of ether oxygens (including phenoxy) is 1. The van der Waals surface area contributed by atoms with E-state index in [0.29, 0.717) is 12.0 Å². The summed E-state index contributed by atoms with van der Waals surface area (Å²) in [5, 5.41) is 3.63. The summed E-state index contributed by atoms with van der Waals surface area (Å²) < 4.78 is 5.32. The normalized spacial score (nSPS) is 24.6. The van der Waals surface area contributed by atoms with Gasteiger partial charge in [-0.3, -0.25) is 0 Å². The highest BCUT2D eigenvalue weighted by Crippen LogP contribution is 2.34. The molecule has 0 bridgehead atoms. The molecule has 1 aliphatic carbocycles. The summed E-state index contributed by atoms with van der Waals surface area (Å²) in [5.74, 6) is 1.63. The summed E-state index contributed by atoms with van der Waals surface area (Å²) in [6.07, 6.45) is 5.31. The fourth-order valence-corrected chi connectivity index (χ4v) is 2.91. The molecule has 0 spiro atoms. The molecule has 2 heteroatoms. The molecule has 1 fully saturated rings. The van der Waals surface area contributed by atoms with Gasteiger partial charge < -0.3 is 10.1 Å². The van der Waals surface area contributed by atoms with Crippen LogP contribution in [0.1, 0.15) is 44.1 Å². The van der Waals surface area contributed by atoms with Gasteiger partial charge in [0, 0.05) is 6.04 Å².